The van der Waals surface area contributed by atoms with E-state index in [9.17, 15) is 32.8 Å². The molecule has 0 bridgehead atoms. The maximum absolute atomic E-state index is 11.7. The van der Waals surface area contributed by atoms with Crippen molar-refractivity contribution >= 4 is 55.8 Å². The van der Waals surface area contributed by atoms with Crippen molar-refractivity contribution in [3.8, 4) is 5.75 Å². The molecule has 0 radical (unpaired) electrons. The summed E-state index contributed by atoms with van der Waals surface area (Å²) in [5.41, 5.74) is -1.05. The van der Waals surface area contributed by atoms with Gasteiger partial charge in [-0.3, -0.25) is 4.55 Å². The highest BCUT2D eigenvalue weighted by Crippen LogP contribution is 2.40. The molecule has 0 aromatic heterocycles. The molecule has 0 spiro atoms. The van der Waals surface area contributed by atoms with Gasteiger partial charge in [0.1, 0.15) is 21.8 Å². The Morgan fingerprint density at radius 3 is 2.26 bits per heavy atom. The SMILES string of the molecule is Cc1cc(S(=O)(=O)O)c(N=Nc2c(O)c(C(=O)O)cc3cc(C(=O)O)ccc23)cc1Cl. The molecule has 0 atom stereocenters. The van der Waals surface area contributed by atoms with Gasteiger partial charge in [-0.25, -0.2) is 9.59 Å². The molecule has 0 heterocycles. The zero-order valence-corrected chi connectivity index (χ0v) is 17.1. The second kappa shape index (κ2) is 7.95. The van der Waals surface area contributed by atoms with Gasteiger partial charge in [0.15, 0.2) is 5.75 Å². The minimum Gasteiger partial charge on any atom is -0.505 e. The van der Waals surface area contributed by atoms with Gasteiger partial charge >= 0.3 is 11.9 Å². The molecule has 3 rings (SSSR count). The highest BCUT2D eigenvalue weighted by Gasteiger charge is 2.21. The molecule has 0 aliphatic heterocycles. The van der Waals surface area contributed by atoms with Crippen LogP contribution in [0.4, 0.5) is 11.4 Å². The Morgan fingerprint density at radius 2 is 1.68 bits per heavy atom. The molecule has 4 N–H and O–H groups in total. The van der Waals surface area contributed by atoms with Crippen molar-refractivity contribution in [1.82, 2.24) is 0 Å². The second-order valence-electron chi connectivity index (χ2n) is 6.41. The number of hydrogen-bond acceptors (Lipinski definition) is 7. The minimum absolute atomic E-state index is 0.126. The number of rotatable bonds is 5. The van der Waals surface area contributed by atoms with E-state index in [1.807, 2.05) is 0 Å². The number of fused-ring (bicyclic) bond motifs is 1. The highest BCUT2D eigenvalue weighted by molar-refractivity contribution is 7.86. The molecular formula is C19H13ClN2O8S. The van der Waals surface area contributed by atoms with Gasteiger partial charge in [0.05, 0.1) is 5.56 Å². The number of benzene rings is 3. The number of azo groups is 1. The Morgan fingerprint density at radius 1 is 1.00 bits per heavy atom. The van der Waals surface area contributed by atoms with E-state index < -0.39 is 38.3 Å². The molecule has 12 heteroatoms. The Bertz CT molecular complexity index is 1400. The zero-order valence-electron chi connectivity index (χ0n) is 15.6. The summed E-state index contributed by atoms with van der Waals surface area (Å²) in [6.07, 6.45) is 0. The van der Waals surface area contributed by atoms with Crippen molar-refractivity contribution in [3.63, 3.8) is 0 Å². The number of aromatic hydroxyl groups is 1. The van der Waals surface area contributed by atoms with Gasteiger partial charge in [0.2, 0.25) is 0 Å². The summed E-state index contributed by atoms with van der Waals surface area (Å²) in [5.74, 6) is -3.52. The van der Waals surface area contributed by atoms with Crippen molar-refractivity contribution in [3.05, 3.63) is 58.1 Å². The standard InChI is InChI=1S/C19H13ClN2O8S/c1-8-4-15(31(28,29)30)14(7-13(8)20)21-22-16-11-3-2-9(18(24)25)5-10(11)6-12(17(16)23)19(26)27/h2-7,23H,1H3,(H,24,25)(H,26,27)(H,28,29,30). The largest absolute Gasteiger partial charge is 0.505 e. The summed E-state index contributed by atoms with van der Waals surface area (Å²) < 4.78 is 32.8. The van der Waals surface area contributed by atoms with E-state index in [2.05, 4.69) is 10.2 Å². The number of carboxylic acids is 2. The Kier molecular flexibility index (Phi) is 5.68. The summed E-state index contributed by atoms with van der Waals surface area (Å²) in [5, 5.41) is 36.9. The third kappa shape index (κ3) is 4.33. The third-order valence-corrected chi connectivity index (χ3v) is 5.63. The van der Waals surface area contributed by atoms with Crippen LogP contribution in [0.2, 0.25) is 5.02 Å². The summed E-state index contributed by atoms with van der Waals surface area (Å²) >= 11 is 6.00. The normalized spacial score (nSPS) is 11.8. The number of carboxylic acid groups (broad SMARTS) is 2. The van der Waals surface area contributed by atoms with Crippen molar-refractivity contribution in [1.29, 1.82) is 0 Å². The number of carbonyl (C=O) groups is 2. The average Bonchev–Trinajstić information content (AvgIpc) is 2.67. The van der Waals surface area contributed by atoms with Crippen molar-refractivity contribution in [2.24, 2.45) is 10.2 Å². The fourth-order valence-electron chi connectivity index (χ4n) is 2.81. The van der Waals surface area contributed by atoms with Gasteiger partial charge < -0.3 is 15.3 Å². The van der Waals surface area contributed by atoms with Crippen LogP contribution in [0.3, 0.4) is 0 Å². The summed E-state index contributed by atoms with van der Waals surface area (Å²) in [6, 6.07) is 6.99. The van der Waals surface area contributed by atoms with Gasteiger partial charge in [-0.05, 0) is 48.2 Å². The fourth-order valence-corrected chi connectivity index (χ4v) is 3.65. The van der Waals surface area contributed by atoms with Gasteiger partial charge in [-0.1, -0.05) is 17.7 Å². The quantitative estimate of drug-likeness (QED) is 0.313. The lowest BCUT2D eigenvalue weighted by Gasteiger charge is -2.09. The number of phenols is 1. The van der Waals surface area contributed by atoms with Gasteiger partial charge in [0.25, 0.3) is 10.1 Å². The zero-order chi connectivity index (χ0) is 23.1. The molecule has 0 fully saturated rings. The maximum Gasteiger partial charge on any atom is 0.339 e. The smallest absolute Gasteiger partial charge is 0.339 e. The van der Waals surface area contributed by atoms with Crippen molar-refractivity contribution < 1.29 is 37.9 Å². The first kappa shape index (κ1) is 22.2. The van der Waals surface area contributed by atoms with E-state index >= 15 is 0 Å². The number of aromatic carboxylic acids is 2. The molecule has 0 unspecified atom stereocenters. The van der Waals surface area contributed by atoms with Crippen LogP contribution in [0.25, 0.3) is 10.8 Å². The highest BCUT2D eigenvalue weighted by atomic mass is 35.5. The van der Waals surface area contributed by atoms with Gasteiger partial charge in [0, 0.05) is 10.4 Å². The van der Waals surface area contributed by atoms with Crippen LogP contribution in [0.15, 0.2) is 51.5 Å². The van der Waals surface area contributed by atoms with Crippen LogP contribution in [-0.4, -0.2) is 40.2 Å². The van der Waals surface area contributed by atoms with Gasteiger partial charge in [-0.15, -0.1) is 10.2 Å². The molecule has 160 valence electrons. The summed E-state index contributed by atoms with van der Waals surface area (Å²) in [6.45, 7) is 1.51. The van der Waals surface area contributed by atoms with Crippen LogP contribution < -0.4 is 0 Å². The van der Waals surface area contributed by atoms with E-state index in [1.165, 1.54) is 25.1 Å². The second-order valence-corrected chi connectivity index (χ2v) is 8.21. The molecule has 0 aliphatic carbocycles. The Hall–Kier alpha value is -3.54. The lowest BCUT2D eigenvalue weighted by Crippen LogP contribution is -2.00. The fraction of sp³-hybridized carbons (Fsp3) is 0.0526. The van der Waals surface area contributed by atoms with Crippen molar-refractivity contribution in [2.75, 3.05) is 0 Å². The molecule has 0 saturated heterocycles. The maximum atomic E-state index is 11.7. The Balaban J connectivity index is 2.30. The van der Waals surface area contributed by atoms with E-state index in [0.717, 1.165) is 18.2 Å². The van der Waals surface area contributed by atoms with Crippen LogP contribution in [0.5, 0.6) is 5.75 Å². The van der Waals surface area contributed by atoms with Crippen molar-refractivity contribution in [2.45, 2.75) is 11.8 Å². The average molecular weight is 465 g/mol. The topological polar surface area (TPSA) is 174 Å². The molecule has 3 aromatic carbocycles. The third-order valence-electron chi connectivity index (χ3n) is 4.34. The predicted octanol–water partition coefficient (Wildman–Crippen LogP) is 4.57. The number of hydrogen-bond donors (Lipinski definition) is 4. The van der Waals surface area contributed by atoms with E-state index in [-0.39, 0.29) is 32.7 Å². The molecular weight excluding hydrogens is 452 g/mol. The molecule has 0 saturated carbocycles. The molecule has 10 nitrogen and oxygen atoms in total. The predicted molar refractivity (Wildman–Crippen MR) is 110 cm³/mol. The van der Waals surface area contributed by atoms with E-state index in [1.54, 1.807) is 0 Å². The molecule has 0 amide bonds. The Labute approximate surface area is 179 Å². The van der Waals surface area contributed by atoms with Gasteiger partial charge in [-0.2, -0.15) is 8.42 Å². The molecule has 3 aromatic rings. The summed E-state index contributed by atoms with van der Waals surface area (Å²) in [4.78, 5) is 22.1. The molecule has 31 heavy (non-hydrogen) atoms. The van der Waals surface area contributed by atoms with Crippen LogP contribution in [-0.2, 0) is 10.1 Å². The first-order valence-electron chi connectivity index (χ1n) is 8.36. The monoisotopic (exact) mass is 464 g/mol. The number of aryl methyl sites for hydroxylation is 1. The molecule has 0 aliphatic rings. The first-order chi connectivity index (χ1) is 14.4. The lowest BCUT2D eigenvalue weighted by molar-refractivity contribution is 0.0685. The van der Waals surface area contributed by atoms with Crippen LogP contribution in [0, 0.1) is 6.92 Å². The van der Waals surface area contributed by atoms with Crippen LogP contribution in [0.1, 0.15) is 26.3 Å². The van der Waals surface area contributed by atoms with E-state index in [0.29, 0.717) is 5.56 Å². The summed E-state index contributed by atoms with van der Waals surface area (Å²) in [7, 11) is -4.70. The van der Waals surface area contributed by atoms with E-state index in [4.69, 9.17) is 16.7 Å². The number of halogens is 1. The lowest BCUT2D eigenvalue weighted by atomic mass is 10.0. The minimum atomic E-state index is -4.70. The number of nitrogens with zero attached hydrogens (tertiary/aromatic N) is 2. The first-order valence-corrected chi connectivity index (χ1v) is 10.2. The van der Waals surface area contributed by atoms with Crippen LogP contribution >= 0.6 is 11.6 Å².